The lowest BCUT2D eigenvalue weighted by Crippen LogP contribution is -2.44. The van der Waals surface area contributed by atoms with Crippen molar-refractivity contribution >= 4 is 5.91 Å². The first kappa shape index (κ1) is 13.1. The molecule has 1 amide bonds. The maximum Gasteiger partial charge on any atom is 0.237 e. The molecule has 1 aromatic rings. The van der Waals surface area contributed by atoms with Gasteiger partial charge >= 0.3 is 0 Å². The Morgan fingerprint density at radius 2 is 2.06 bits per heavy atom. The summed E-state index contributed by atoms with van der Waals surface area (Å²) in [6.45, 7) is 0.673. The van der Waals surface area contributed by atoms with Crippen molar-refractivity contribution in [1.29, 1.82) is 0 Å². The molecule has 0 aromatic heterocycles. The van der Waals surface area contributed by atoms with Gasteiger partial charge in [0.25, 0.3) is 0 Å². The number of benzene rings is 1. The number of hydrogen-bond acceptors (Lipinski definition) is 3. The van der Waals surface area contributed by atoms with Crippen molar-refractivity contribution in [2.45, 2.75) is 25.3 Å². The monoisotopic (exact) mass is 248 g/mol. The molecule has 4 N–H and O–H groups in total. The van der Waals surface area contributed by atoms with Gasteiger partial charge in [0.05, 0.1) is 12.6 Å². The number of amides is 1. The third kappa shape index (κ3) is 3.31. The van der Waals surface area contributed by atoms with Crippen molar-refractivity contribution in [3.05, 3.63) is 35.9 Å². The minimum absolute atomic E-state index is 0.0673. The van der Waals surface area contributed by atoms with Gasteiger partial charge in [-0.05, 0) is 24.8 Å². The summed E-state index contributed by atoms with van der Waals surface area (Å²) in [4.78, 5) is 11.8. The van der Waals surface area contributed by atoms with Crippen LogP contribution in [0.2, 0.25) is 0 Å². The fourth-order valence-electron chi connectivity index (χ4n) is 1.93. The number of hydrogen-bond donors (Lipinski definition) is 3. The van der Waals surface area contributed by atoms with E-state index in [1.807, 2.05) is 30.3 Å². The largest absolute Gasteiger partial charge is 0.396 e. The normalized spacial score (nSPS) is 18.1. The molecule has 0 heterocycles. The van der Waals surface area contributed by atoms with E-state index in [4.69, 9.17) is 10.8 Å². The van der Waals surface area contributed by atoms with Crippen LogP contribution in [0.25, 0.3) is 0 Å². The van der Waals surface area contributed by atoms with Crippen molar-refractivity contribution in [3.8, 4) is 0 Å². The second kappa shape index (κ2) is 5.50. The number of carbonyl (C=O) groups excluding carboxylic acids is 1. The Balaban J connectivity index is 1.78. The van der Waals surface area contributed by atoms with Crippen molar-refractivity contribution in [2.75, 3.05) is 13.2 Å². The van der Waals surface area contributed by atoms with Gasteiger partial charge in [-0.3, -0.25) is 4.79 Å². The summed E-state index contributed by atoms with van der Waals surface area (Å²) < 4.78 is 0. The van der Waals surface area contributed by atoms with Gasteiger partial charge < -0.3 is 16.2 Å². The maximum atomic E-state index is 11.8. The van der Waals surface area contributed by atoms with Gasteiger partial charge in [-0.15, -0.1) is 0 Å². The molecular weight excluding hydrogens is 228 g/mol. The average Bonchev–Trinajstić information content (AvgIpc) is 3.18. The number of nitrogens with two attached hydrogens (primary N) is 1. The molecule has 1 aromatic carbocycles. The minimum Gasteiger partial charge on any atom is -0.396 e. The predicted molar refractivity (Wildman–Crippen MR) is 69.9 cm³/mol. The number of aliphatic hydroxyl groups is 1. The Labute approximate surface area is 107 Å². The van der Waals surface area contributed by atoms with Gasteiger partial charge in [0, 0.05) is 12.0 Å². The van der Waals surface area contributed by atoms with Gasteiger partial charge in [-0.1, -0.05) is 30.3 Å². The van der Waals surface area contributed by atoms with Crippen LogP contribution in [-0.2, 0) is 11.2 Å². The van der Waals surface area contributed by atoms with E-state index in [2.05, 4.69) is 5.32 Å². The lowest BCUT2D eigenvalue weighted by molar-refractivity contribution is -0.122. The second-order valence-corrected chi connectivity index (χ2v) is 5.17. The Hall–Kier alpha value is -1.39. The molecule has 18 heavy (non-hydrogen) atoms. The lowest BCUT2D eigenvalue weighted by atomic mass is 10.1. The Bertz CT molecular complexity index is 402. The third-order valence-corrected chi connectivity index (χ3v) is 3.57. The van der Waals surface area contributed by atoms with Crippen LogP contribution in [0.3, 0.4) is 0 Å². The van der Waals surface area contributed by atoms with Gasteiger partial charge in [-0.25, -0.2) is 0 Å². The first-order valence-electron chi connectivity index (χ1n) is 6.33. The zero-order valence-corrected chi connectivity index (χ0v) is 10.4. The Morgan fingerprint density at radius 1 is 1.39 bits per heavy atom. The van der Waals surface area contributed by atoms with E-state index < -0.39 is 6.04 Å². The van der Waals surface area contributed by atoms with Gasteiger partial charge in [0.15, 0.2) is 0 Å². The molecular formula is C14H20N2O2. The summed E-state index contributed by atoms with van der Waals surface area (Å²) in [5, 5.41) is 12.0. The molecule has 0 spiro atoms. The summed E-state index contributed by atoms with van der Waals surface area (Å²) in [7, 11) is 0. The molecule has 0 radical (unpaired) electrons. The van der Waals surface area contributed by atoms with E-state index >= 15 is 0 Å². The molecule has 4 nitrogen and oxygen atoms in total. The summed E-state index contributed by atoms with van der Waals surface area (Å²) in [6.07, 6.45) is 2.51. The van der Waals surface area contributed by atoms with E-state index in [0.717, 1.165) is 18.4 Å². The summed E-state index contributed by atoms with van der Waals surface area (Å²) >= 11 is 0. The molecule has 1 atom stereocenters. The minimum atomic E-state index is -0.526. The van der Waals surface area contributed by atoms with Crippen molar-refractivity contribution in [1.82, 2.24) is 5.32 Å². The molecule has 1 saturated carbocycles. The molecule has 2 rings (SSSR count). The Morgan fingerprint density at radius 3 is 2.61 bits per heavy atom. The number of aliphatic hydroxyl groups excluding tert-OH is 1. The number of carbonyl (C=O) groups is 1. The molecule has 0 bridgehead atoms. The first-order valence-corrected chi connectivity index (χ1v) is 6.33. The highest BCUT2D eigenvalue weighted by atomic mass is 16.3. The zero-order valence-electron chi connectivity index (χ0n) is 10.4. The van der Waals surface area contributed by atoms with Crippen molar-refractivity contribution < 1.29 is 9.90 Å². The van der Waals surface area contributed by atoms with E-state index in [1.54, 1.807) is 0 Å². The average molecular weight is 248 g/mol. The molecule has 1 aliphatic rings. The fraction of sp³-hybridized carbons (Fsp3) is 0.500. The highest BCUT2D eigenvalue weighted by Gasteiger charge is 2.42. The van der Waals surface area contributed by atoms with Crippen molar-refractivity contribution in [3.63, 3.8) is 0 Å². The highest BCUT2D eigenvalue weighted by Crippen LogP contribution is 2.44. The van der Waals surface area contributed by atoms with Crippen LogP contribution in [0.5, 0.6) is 0 Å². The smallest absolute Gasteiger partial charge is 0.237 e. The Kier molecular flexibility index (Phi) is 3.99. The van der Waals surface area contributed by atoms with E-state index in [9.17, 15) is 4.79 Å². The van der Waals surface area contributed by atoms with Crippen LogP contribution in [-0.4, -0.2) is 30.2 Å². The van der Waals surface area contributed by atoms with Crippen LogP contribution in [0, 0.1) is 5.41 Å². The van der Waals surface area contributed by atoms with Gasteiger partial charge in [-0.2, -0.15) is 0 Å². The van der Waals surface area contributed by atoms with Gasteiger partial charge in [0.1, 0.15) is 0 Å². The second-order valence-electron chi connectivity index (χ2n) is 5.17. The molecule has 1 fully saturated rings. The molecule has 0 aliphatic heterocycles. The highest BCUT2D eigenvalue weighted by molar-refractivity contribution is 5.81. The third-order valence-electron chi connectivity index (χ3n) is 3.57. The van der Waals surface area contributed by atoms with Crippen molar-refractivity contribution in [2.24, 2.45) is 11.1 Å². The summed E-state index contributed by atoms with van der Waals surface area (Å²) in [5.41, 5.74) is 6.86. The van der Waals surface area contributed by atoms with Crippen LogP contribution in [0.15, 0.2) is 30.3 Å². The SMILES string of the molecule is N[C@@H](Cc1ccccc1)C(=O)NCC1(CO)CC1. The molecule has 0 unspecified atom stereocenters. The van der Waals surface area contributed by atoms with Crippen LogP contribution < -0.4 is 11.1 Å². The van der Waals surface area contributed by atoms with Crippen LogP contribution in [0.4, 0.5) is 0 Å². The van der Waals surface area contributed by atoms with E-state index in [-0.39, 0.29) is 17.9 Å². The molecule has 1 aliphatic carbocycles. The van der Waals surface area contributed by atoms with E-state index in [0.29, 0.717) is 13.0 Å². The standard InChI is InChI=1S/C14H20N2O2/c15-12(8-11-4-2-1-3-5-11)13(18)16-9-14(10-17)6-7-14/h1-5,12,17H,6-10,15H2,(H,16,18)/t12-/m0/s1. The number of nitrogens with one attached hydrogen (secondary N) is 1. The summed E-state index contributed by atoms with van der Waals surface area (Å²) in [5.74, 6) is -0.140. The molecule has 4 heteroatoms. The van der Waals surface area contributed by atoms with Gasteiger partial charge in [0.2, 0.25) is 5.91 Å². The zero-order chi connectivity index (χ0) is 13.0. The lowest BCUT2D eigenvalue weighted by Gasteiger charge is -2.16. The number of rotatable bonds is 6. The fourth-order valence-corrected chi connectivity index (χ4v) is 1.93. The summed E-state index contributed by atoms with van der Waals surface area (Å²) in [6, 6.07) is 9.21. The maximum absolute atomic E-state index is 11.8. The van der Waals surface area contributed by atoms with Crippen LogP contribution >= 0.6 is 0 Å². The van der Waals surface area contributed by atoms with Crippen LogP contribution in [0.1, 0.15) is 18.4 Å². The predicted octanol–water partition coefficient (Wildman–Crippen LogP) is 0.445. The van der Waals surface area contributed by atoms with E-state index in [1.165, 1.54) is 0 Å². The topological polar surface area (TPSA) is 75.4 Å². The molecule has 98 valence electrons. The quantitative estimate of drug-likeness (QED) is 0.684. The first-order chi connectivity index (χ1) is 8.65. The molecule has 0 saturated heterocycles.